The molecule has 0 radical (unpaired) electrons. The molecule has 3 N–H and O–H groups in total. The van der Waals surface area contributed by atoms with E-state index >= 15 is 0 Å². The maximum Gasteiger partial charge on any atom is 0.162 e. The highest BCUT2D eigenvalue weighted by atomic mass is 16.3. The van der Waals surface area contributed by atoms with Crippen LogP contribution in [0.2, 0.25) is 0 Å². The maximum atomic E-state index is 9.77. The molecule has 4 heteroatoms. The standard InChI is InChI=1S/C16H20N2O2/c1-11-9-13(18(2)3)7-8-14(11)17-10-12-5-4-6-15(19)16(12)20/h4-9,17,19-20H,10H2,1-3H3. The second-order valence-electron chi connectivity index (χ2n) is 5.03. The number of hydrogen-bond acceptors (Lipinski definition) is 4. The van der Waals surface area contributed by atoms with Gasteiger partial charge in [-0.1, -0.05) is 12.1 Å². The van der Waals surface area contributed by atoms with Crippen LogP contribution in [0.5, 0.6) is 11.5 Å². The van der Waals surface area contributed by atoms with Gasteiger partial charge < -0.3 is 20.4 Å². The van der Waals surface area contributed by atoms with Gasteiger partial charge in [0.05, 0.1) is 0 Å². The van der Waals surface area contributed by atoms with Crippen molar-refractivity contribution in [2.24, 2.45) is 0 Å². The molecular weight excluding hydrogens is 252 g/mol. The fraction of sp³-hybridized carbons (Fsp3) is 0.250. The Morgan fingerprint density at radius 2 is 1.85 bits per heavy atom. The molecule has 0 fully saturated rings. The van der Waals surface area contributed by atoms with Gasteiger partial charge in [-0.2, -0.15) is 0 Å². The molecule has 0 aliphatic heterocycles. The van der Waals surface area contributed by atoms with E-state index in [1.165, 1.54) is 6.07 Å². The van der Waals surface area contributed by atoms with Gasteiger partial charge in [0.25, 0.3) is 0 Å². The van der Waals surface area contributed by atoms with Crippen molar-refractivity contribution in [2.45, 2.75) is 13.5 Å². The SMILES string of the molecule is Cc1cc(N(C)C)ccc1NCc1cccc(O)c1O. The molecule has 0 saturated heterocycles. The number of anilines is 2. The van der Waals surface area contributed by atoms with E-state index in [0.29, 0.717) is 12.1 Å². The Bertz CT molecular complexity index is 609. The predicted octanol–water partition coefficient (Wildman–Crippen LogP) is 3.08. The number of nitrogens with one attached hydrogen (secondary N) is 1. The van der Waals surface area contributed by atoms with Gasteiger partial charge in [0.2, 0.25) is 0 Å². The van der Waals surface area contributed by atoms with Crippen molar-refractivity contribution in [3.8, 4) is 11.5 Å². The summed E-state index contributed by atoms with van der Waals surface area (Å²) in [7, 11) is 4.01. The zero-order valence-corrected chi connectivity index (χ0v) is 12.0. The Morgan fingerprint density at radius 1 is 1.10 bits per heavy atom. The summed E-state index contributed by atoms with van der Waals surface area (Å²) in [4.78, 5) is 2.05. The first-order valence-electron chi connectivity index (χ1n) is 6.50. The Labute approximate surface area is 119 Å². The van der Waals surface area contributed by atoms with E-state index in [1.54, 1.807) is 12.1 Å². The van der Waals surface area contributed by atoms with Crippen molar-refractivity contribution in [3.05, 3.63) is 47.5 Å². The number of benzene rings is 2. The predicted molar refractivity (Wildman–Crippen MR) is 82.6 cm³/mol. The van der Waals surface area contributed by atoms with E-state index in [-0.39, 0.29) is 11.5 Å². The van der Waals surface area contributed by atoms with Crippen LogP contribution in [0.3, 0.4) is 0 Å². The molecule has 0 aliphatic rings. The van der Waals surface area contributed by atoms with E-state index in [4.69, 9.17) is 0 Å². The molecule has 20 heavy (non-hydrogen) atoms. The number of para-hydroxylation sites is 1. The summed E-state index contributed by atoms with van der Waals surface area (Å²) in [5.74, 6) is -0.161. The summed E-state index contributed by atoms with van der Waals surface area (Å²) in [6.45, 7) is 2.50. The number of aryl methyl sites for hydroxylation is 1. The summed E-state index contributed by atoms with van der Waals surface area (Å²) < 4.78 is 0. The lowest BCUT2D eigenvalue weighted by atomic mass is 10.1. The lowest BCUT2D eigenvalue weighted by molar-refractivity contribution is 0.400. The van der Waals surface area contributed by atoms with Crippen LogP contribution in [0.25, 0.3) is 0 Å². The molecule has 4 nitrogen and oxygen atoms in total. The molecule has 2 rings (SSSR count). The van der Waals surface area contributed by atoms with Gasteiger partial charge >= 0.3 is 0 Å². The van der Waals surface area contributed by atoms with Crippen LogP contribution in [0.1, 0.15) is 11.1 Å². The molecule has 0 aliphatic carbocycles. The quantitative estimate of drug-likeness (QED) is 0.749. The Kier molecular flexibility index (Phi) is 4.03. The second kappa shape index (κ2) is 5.74. The first kappa shape index (κ1) is 14.1. The van der Waals surface area contributed by atoms with Crippen molar-refractivity contribution in [1.82, 2.24) is 0 Å². The van der Waals surface area contributed by atoms with Crippen LogP contribution in [0.4, 0.5) is 11.4 Å². The third kappa shape index (κ3) is 2.96. The third-order valence-corrected chi connectivity index (χ3v) is 3.29. The van der Waals surface area contributed by atoms with Crippen LogP contribution in [0.15, 0.2) is 36.4 Å². The average Bonchev–Trinajstić information content (AvgIpc) is 2.41. The van der Waals surface area contributed by atoms with Gasteiger partial charge in [-0.05, 0) is 36.8 Å². The summed E-state index contributed by atoms with van der Waals surface area (Å²) in [6, 6.07) is 11.1. The smallest absolute Gasteiger partial charge is 0.162 e. The van der Waals surface area contributed by atoms with Crippen LogP contribution >= 0.6 is 0 Å². The molecule has 2 aromatic carbocycles. The van der Waals surface area contributed by atoms with Crippen molar-refractivity contribution in [2.75, 3.05) is 24.3 Å². The van der Waals surface area contributed by atoms with E-state index in [9.17, 15) is 10.2 Å². The van der Waals surface area contributed by atoms with Crippen molar-refractivity contribution in [1.29, 1.82) is 0 Å². The molecule has 0 atom stereocenters. The van der Waals surface area contributed by atoms with Gasteiger partial charge in [-0.3, -0.25) is 0 Å². The van der Waals surface area contributed by atoms with Gasteiger partial charge in [0.15, 0.2) is 11.5 Å². The molecule has 0 spiro atoms. The molecule has 0 saturated carbocycles. The van der Waals surface area contributed by atoms with Crippen LogP contribution in [0, 0.1) is 6.92 Å². The highest BCUT2D eigenvalue weighted by Gasteiger charge is 2.06. The summed E-state index contributed by atoms with van der Waals surface area (Å²) in [5.41, 5.74) is 3.96. The van der Waals surface area contributed by atoms with Gasteiger partial charge in [0, 0.05) is 37.6 Å². The van der Waals surface area contributed by atoms with E-state index in [2.05, 4.69) is 16.3 Å². The monoisotopic (exact) mass is 272 g/mol. The molecule has 0 unspecified atom stereocenters. The molecule has 0 aromatic heterocycles. The zero-order valence-electron chi connectivity index (χ0n) is 12.0. The number of rotatable bonds is 4. The minimum absolute atomic E-state index is 0.0671. The average molecular weight is 272 g/mol. The van der Waals surface area contributed by atoms with Crippen molar-refractivity contribution in [3.63, 3.8) is 0 Å². The second-order valence-corrected chi connectivity index (χ2v) is 5.03. The normalized spacial score (nSPS) is 10.3. The highest BCUT2D eigenvalue weighted by molar-refractivity contribution is 5.60. The summed E-state index contributed by atoms with van der Waals surface area (Å²) in [5, 5.41) is 22.5. The molecular formula is C16H20N2O2. The number of aromatic hydroxyl groups is 2. The molecule has 106 valence electrons. The first-order chi connectivity index (χ1) is 9.49. The number of phenols is 2. The lowest BCUT2D eigenvalue weighted by Crippen LogP contribution is -2.09. The van der Waals surface area contributed by atoms with Gasteiger partial charge in [-0.15, -0.1) is 0 Å². The third-order valence-electron chi connectivity index (χ3n) is 3.29. The minimum Gasteiger partial charge on any atom is -0.504 e. The highest BCUT2D eigenvalue weighted by Crippen LogP contribution is 2.29. The van der Waals surface area contributed by atoms with Gasteiger partial charge in [-0.25, -0.2) is 0 Å². The van der Waals surface area contributed by atoms with Gasteiger partial charge in [0.1, 0.15) is 0 Å². The van der Waals surface area contributed by atoms with Crippen LogP contribution in [-0.2, 0) is 6.54 Å². The summed E-state index contributed by atoms with van der Waals surface area (Å²) >= 11 is 0. The van der Waals surface area contributed by atoms with Crippen molar-refractivity contribution >= 4 is 11.4 Å². The topological polar surface area (TPSA) is 55.7 Å². The molecule has 0 bridgehead atoms. The van der Waals surface area contributed by atoms with E-state index in [0.717, 1.165) is 16.9 Å². The number of phenolic OH excluding ortho intramolecular Hbond substituents is 2. The largest absolute Gasteiger partial charge is 0.504 e. The van der Waals surface area contributed by atoms with Crippen LogP contribution < -0.4 is 10.2 Å². The Hall–Kier alpha value is -2.36. The maximum absolute atomic E-state index is 9.77. The fourth-order valence-corrected chi connectivity index (χ4v) is 2.04. The Balaban J connectivity index is 2.13. The minimum atomic E-state index is -0.0935. The van der Waals surface area contributed by atoms with E-state index < -0.39 is 0 Å². The Morgan fingerprint density at radius 3 is 2.50 bits per heavy atom. The first-order valence-corrected chi connectivity index (χ1v) is 6.50. The zero-order chi connectivity index (χ0) is 14.7. The lowest BCUT2D eigenvalue weighted by Gasteiger charge is -2.16. The van der Waals surface area contributed by atoms with Crippen LogP contribution in [-0.4, -0.2) is 24.3 Å². The van der Waals surface area contributed by atoms with Crippen molar-refractivity contribution < 1.29 is 10.2 Å². The van der Waals surface area contributed by atoms with E-state index in [1.807, 2.05) is 33.2 Å². The molecule has 2 aromatic rings. The molecule has 0 heterocycles. The fourth-order valence-electron chi connectivity index (χ4n) is 2.04. The number of nitrogens with zero attached hydrogens (tertiary/aromatic N) is 1. The molecule has 0 amide bonds. The number of hydrogen-bond donors (Lipinski definition) is 3. The summed E-state index contributed by atoms with van der Waals surface area (Å²) in [6.07, 6.45) is 0.